The van der Waals surface area contributed by atoms with E-state index >= 15 is 0 Å². The van der Waals surface area contributed by atoms with E-state index in [1.165, 1.54) is 11.8 Å². The molecule has 0 radical (unpaired) electrons. The van der Waals surface area contributed by atoms with Crippen LogP contribution in [0.3, 0.4) is 0 Å². The molecule has 0 bridgehead atoms. The lowest BCUT2D eigenvalue weighted by molar-refractivity contribution is -0.122. The van der Waals surface area contributed by atoms with Crippen molar-refractivity contribution >= 4 is 51.9 Å². The zero-order valence-corrected chi connectivity index (χ0v) is 16.8. The first-order valence-corrected chi connectivity index (χ1v) is 10.6. The van der Waals surface area contributed by atoms with Gasteiger partial charge in [0.25, 0.3) is 5.91 Å². The Labute approximate surface area is 176 Å². The fraction of sp³-hybridized carbons (Fsp3) is 0.0455. The maximum atomic E-state index is 13.1. The van der Waals surface area contributed by atoms with Crippen LogP contribution >= 0.6 is 23.1 Å². The fourth-order valence-electron chi connectivity index (χ4n) is 2.79. The number of thioether (sulfide) groups is 1. The van der Waals surface area contributed by atoms with Gasteiger partial charge in [-0.05, 0) is 70.1 Å². The minimum atomic E-state index is -0.975. The highest BCUT2D eigenvalue weighted by atomic mass is 32.2. The number of amidine groups is 1. The number of carbonyl (C=O) groups excluding carboxylic acids is 1. The molecule has 1 aliphatic rings. The molecule has 0 unspecified atom stereocenters. The number of hydrogen-bond donors (Lipinski definition) is 1. The van der Waals surface area contributed by atoms with E-state index in [2.05, 4.69) is 4.99 Å². The highest BCUT2D eigenvalue weighted by molar-refractivity contribution is 8.18. The summed E-state index contributed by atoms with van der Waals surface area (Å²) >= 11 is 2.92. The number of carboxylic acids is 1. The molecule has 1 amide bonds. The predicted octanol–water partition coefficient (Wildman–Crippen LogP) is 5.25. The molecule has 0 atom stereocenters. The number of rotatable bonds is 5. The van der Waals surface area contributed by atoms with Crippen molar-refractivity contribution in [2.24, 2.45) is 4.99 Å². The van der Waals surface area contributed by atoms with Crippen LogP contribution in [0.5, 0.6) is 0 Å². The van der Waals surface area contributed by atoms with Crippen LogP contribution in [0, 0.1) is 0 Å². The molecule has 7 heteroatoms. The summed E-state index contributed by atoms with van der Waals surface area (Å²) in [5.41, 5.74) is 2.80. The molecule has 1 aliphatic heterocycles. The molecule has 4 rings (SSSR count). The smallest absolute Gasteiger partial charge is 0.335 e. The number of aliphatic imine (C=N–C) groups is 1. The van der Waals surface area contributed by atoms with E-state index in [9.17, 15) is 9.59 Å². The lowest BCUT2D eigenvalue weighted by Gasteiger charge is -2.16. The normalized spacial score (nSPS) is 16.7. The first-order chi connectivity index (χ1) is 14.1. The molecule has 3 aromatic rings. The molecule has 0 spiro atoms. The second kappa shape index (κ2) is 8.46. The van der Waals surface area contributed by atoms with E-state index in [1.54, 1.807) is 40.5 Å². The second-order valence-electron chi connectivity index (χ2n) is 6.29. The largest absolute Gasteiger partial charge is 0.478 e. The molecular formula is C22H16N2O3S2. The average molecular weight is 421 g/mol. The summed E-state index contributed by atoms with van der Waals surface area (Å²) in [6.07, 6.45) is 1.87. The zero-order chi connectivity index (χ0) is 20.2. The Morgan fingerprint density at radius 2 is 1.83 bits per heavy atom. The summed E-state index contributed by atoms with van der Waals surface area (Å²) in [6, 6.07) is 18.0. The Hall–Kier alpha value is -3.16. The molecule has 5 nitrogen and oxygen atoms in total. The van der Waals surface area contributed by atoms with Gasteiger partial charge >= 0.3 is 5.97 Å². The first kappa shape index (κ1) is 19.2. The van der Waals surface area contributed by atoms with Gasteiger partial charge in [-0.1, -0.05) is 30.3 Å². The molecule has 1 saturated heterocycles. The van der Waals surface area contributed by atoms with Gasteiger partial charge in [-0.25, -0.2) is 9.79 Å². The quantitative estimate of drug-likeness (QED) is 0.572. The van der Waals surface area contributed by atoms with Crippen LogP contribution in [-0.4, -0.2) is 27.1 Å². The number of aromatic carboxylic acids is 1. The van der Waals surface area contributed by atoms with Crippen LogP contribution in [-0.2, 0) is 11.3 Å². The summed E-state index contributed by atoms with van der Waals surface area (Å²) in [7, 11) is 0. The second-order valence-corrected chi connectivity index (χ2v) is 8.08. The van der Waals surface area contributed by atoms with Gasteiger partial charge in [0.05, 0.1) is 22.7 Å². The summed E-state index contributed by atoms with van der Waals surface area (Å²) in [5.74, 6) is -1.09. The predicted molar refractivity (Wildman–Crippen MR) is 117 cm³/mol. The highest BCUT2D eigenvalue weighted by Crippen LogP contribution is 2.35. The van der Waals surface area contributed by atoms with E-state index in [0.29, 0.717) is 16.6 Å². The number of benzene rings is 2. The van der Waals surface area contributed by atoms with E-state index in [4.69, 9.17) is 5.11 Å². The van der Waals surface area contributed by atoms with Crippen molar-refractivity contribution in [3.05, 3.63) is 93.0 Å². The Bertz CT molecular complexity index is 1090. The summed E-state index contributed by atoms with van der Waals surface area (Å²) in [5, 5.41) is 13.6. The van der Waals surface area contributed by atoms with Crippen molar-refractivity contribution in [3.63, 3.8) is 0 Å². The van der Waals surface area contributed by atoms with Crippen LogP contribution in [0.2, 0.25) is 0 Å². The van der Waals surface area contributed by atoms with Crippen LogP contribution in [0.4, 0.5) is 5.69 Å². The van der Waals surface area contributed by atoms with Crippen molar-refractivity contribution < 1.29 is 14.7 Å². The molecular weight excluding hydrogens is 404 g/mol. The number of amides is 1. The van der Waals surface area contributed by atoms with Crippen molar-refractivity contribution in [2.45, 2.75) is 6.54 Å². The van der Waals surface area contributed by atoms with Gasteiger partial charge in [0.15, 0.2) is 5.17 Å². The van der Waals surface area contributed by atoms with E-state index in [0.717, 1.165) is 16.8 Å². The molecule has 144 valence electrons. The van der Waals surface area contributed by atoms with Crippen LogP contribution in [0.25, 0.3) is 6.08 Å². The lowest BCUT2D eigenvalue weighted by Crippen LogP contribution is -2.28. The molecule has 0 saturated carbocycles. The van der Waals surface area contributed by atoms with E-state index in [-0.39, 0.29) is 11.5 Å². The van der Waals surface area contributed by atoms with Crippen LogP contribution in [0.1, 0.15) is 21.5 Å². The van der Waals surface area contributed by atoms with Gasteiger partial charge in [0.2, 0.25) is 0 Å². The number of carboxylic acid groups (broad SMARTS) is 1. The number of carbonyl (C=O) groups is 2. The standard InChI is InChI=1S/C22H16N2O3S2/c25-20-19(12-16-10-11-28-14-16)29-22(23-18-4-2-1-3-5-18)24(20)13-15-6-8-17(9-7-15)21(26)27/h1-12,14H,13H2,(H,26,27)/b19-12-,23-22?. The molecule has 1 fully saturated rings. The van der Waals surface area contributed by atoms with Crippen LogP contribution in [0.15, 0.2) is 81.3 Å². The average Bonchev–Trinajstić information content (AvgIpc) is 3.33. The van der Waals surface area contributed by atoms with Gasteiger partial charge < -0.3 is 5.11 Å². The maximum absolute atomic E-state index is 13.1. The highest BCUT2D eigenvalue weighted by Gasteiger charge is 2.33. The van der Waals surface area contributed by atoms with Gasteiger partial charge in [-0.15, -0.1) is 0 Å². The summed E-state index contributed by atoms with van der Waals surface area (Å²) < 4.78 is 0. The molecule has 2 aromatic carbocycles. The van der Waals surface area contributed by atoms with Crippen molar-refractivity contribution in [1.82, 2.24) is 4.90 Å². The number of para-hydroxylation sites is 1. The molecule has 2 heterocycles. The van der Waals surface area contributed by atoms with Gasteiger partial charge in [0, 0.05) is 0 Å². The first-order valence-electron chi connectivity index (χ1n) is 8.80. The third kappa shape index (κ3) is 4.47. The summed E-state index contributed by atoms with van der Waals surface area (Å²) in [6.45, 7) is 0.318. The monoisotopic (exact) mass is 420 g/mol. The maximum Gasteiger partial charge on any atom is 0.335 e. The Kier molecular flexibility index (Phi) is 5.59. The Morgan fingerprint density at radius 3 is 2.48 bits per heavy atom. The minimum absolute atomic E-state index is 0.113. The number of nitrogens with zero attached hydrogens (tertiary/aromatic N) is 2. The van der Waals surface area contributed by atoms with E-state index < -0.39 is 5.97 Å². The fourth-order valence-corrected chi connectivity index (χ4v) is 4.40. The third-order valence-electron chi connectivity index (χ3n) is 4.25. The molecule has 1 N–H and O–H groups in total. The number of hydrogen-bond acceptors (Lipinski definition) is 5. The van der Waals surface area contributed by atoms with Gasteiger partial charge in [0.1, 0.15) is 0 Å². The zero-order valence-electron chi connectivity index (χ0n) is 15.2. The lowest BCUT2D eigenvalue weighted by atomic mass is 10.1. The topological polar surface area (TPSA) is 70.0 Å². The Balaban J connectivity index is 1.66. The van der Waals surface area contributed by atoms with Gasteiger partial charge in [-0.2, -0.15) is 11.3 Å². The third-order valence-corrected chi connectivity index (χ3v) is 5.96. The van der Waals surface area contributed by atoms with Crippen molar-refractivity contribution in [1.29, 1.82) is 0 Å². The molecule has 0 aliphatic carbocycles. The molecule has 29 heavy (non-hydrogen) atoms. The Morgan fingerprint density at radius 1 is 1.07 bits per heavy atom. The van der Waals surface area contributed by atoms with Crippen LogP contribution < -0.4 is 0 Å². The SMILES string of the molecule is O=C(O)c1ccc(CN2C(=O)/C(=C/c3ccsc3)SC2=Nc2ccccc2)cc1. The minimum Gasteiger partial charge on any atom is -0.478 e. The number of thiophene rings is 1. The molecule has 1 aromatic heterocycles. The van der Waals surface area contributed by atoms with E-state index in [1.807, 2.05) is 53.2 Å². The van der Waals surface area contributed by atoms with Crippen molar-refractivity contribution in [3.8, 4) is 0 Å². The summed E-state index contributed by atoms with van der Waals surface area (Å²) in [4.78, 5) is 31.0. The van der Waals surface area contributed by atoms with Gasteiger partial charge in [-0.3, -0.25) is 9.69 Å². The van der Waals surface area contributed by atoms with Crippen molar-refractivity contribution in [2.75, 3.05) is 0 Å².